The lowest BCUT2D eigenvalue weighted by Gasteiger charge is -2.28. The molecule has 1 heterocycles. The number of nitrogens with one attached hydrogen (secondary N) is 1. The number of methoxy groups -OCH3 is 1. The second-order valence-corrected chi connectivity index (χ2v) is 5.03. The minimum absolute atomic E-state index is 0.251. The van der Waals surface area contributed by atoms with Gasteiger partial charge in [0, 0.05) is 19.6 Å². The number of para-hydroxylation sites is 2. The van der Waals surface area contributed by atoms with Gasteiger partial charge in [0.25, 0.3) is 0 Å². The van der Waals surface area contributed by atoms with E-state index in [2.05, 4.69) is 10.4 Å². The molecular formula is C15H24N2O3. The molecule has 1 aliphatic rings. The number of nitrogens with zero attached hydrogens (tertiary/aromatic N) is 1. The van der Waals surface area contributed by atoms with Crippen molar-refractivity contribution >= 4 is 0 Å². The highest BCUT2D eigenvalue weighted by molar-refractivity contribution is 5.39. The number of hydrogen-bond donors (Lipinski definition) is 2. The van der Waals surface area contributed by atoms with Gasteiger partial charge in [-0.1, -0.05) is 18.6 Å². The number of benzene rings is 1. The second kappa shape index (κ2) is 8.09. The maximum Gasteiger partial charge on any atom is 0.161 e. The van der Waals surface area contributed by atoms with Crippen LogP contribution >= 0.6 is 0 Å². The summed E-state index contributed by atoms with van der Waals surface area (Å²) in [6, 6.07) is 7.45. The first-order valence-corrected chi connectivity index (χ1v) is 7.22. The van der Waals surface area contributed by atoms with Crippen LogP contribution in [0.25, 0.3) is 0 Å². The fourth-order valence-corrected chi connectivity index (χ4v) is 2.27. The molecule has 1 aliphatic heterocycles. The Hall–Kier alpha value is -1.30. The van der Waals surface area contributed by atoms with Crippen LogP contribution in [0.2, 0.25) is 0 Å². The normalized spacial score (nSPS) is 17.7. The van der Waals surface area contributed by atoms with E-state index in [-0.39, 0.29) is 6.61 Å². The van der Waals surface area contributed by atoms with Crippen LogP contribution < -0.4 is 14.9 Å². The fourth-order valence-electron chi connectivity index (χ4n) is 2.27. The van der Waals surface area contributed by atoms with Gasteiger partial charge < -0.3 is 14.6 Å². The van der Waals surface area contributed by atoms with Crippen LogP contribution in [-0.2, 0) is 0 Å². The standard InChI is InChI=1S/C15H24N2O3/c1-19-14-7-3-4-8-15(14)20-12-13(18)11-16-17-9-5-2-6-10-17/h3-4,7-8,13,16,18H,2,5-6,9-12H2,1H3. The summed E-state index contributed by atoms with van der Waals surface area (Å²) in [5.41, 5.74) is 3.26. The van der Waals surface area contributed by atoms with Gasteiger partial charge in [-0.15, -0.1) is 0 Å². The third kappa shape index (κ3) is 4.67. The van der Waals surface area contributed by atoms with Crippen molar-refractivity contribution < 1.29 is 14.6 Å². The number of piperidine rings is 1. The molecule has 1 atom stereocenters. The van der Waals surface area contributed by atoms with Crippen molar-refractivity contribution in [2.24, 2.45) is 0 Å². The molecule has 0 aliphatic carbocycles. The third-order valence-electron chi connectivity index (χ3n) is 3.41. The second-order valence-electron chi connectivity index (χ2n) is 5.03. The Morgan fingerprint density at radius 2 is 1.90 bits per heavy atom. The zero-order valence-electron chi connectivity index (χ0n) is 12.0. The molecule has 1 aromatic rings. The van der Waals surface area contributed by atoms with Gasteiger partial charge in [0.2, 0.25) is 0 Å². The molecule has 0 saturated carbocycles. The summed E-state index contributed by atoms with van der Waals surface area (Å²) in [6.45, 7) is 2.87. The van der Waals surface area contributed by atoms with Gasteiger partial charge in [0.05, 0.1) is 7.11 Å². The average molecular weight is 280 g/mol. The molecule has 0 bridgehead atoms. The number of hydrazine groups is 1. The molecule has 2 rings (SSSR count). The molecule has 0 amide bonds. The van der Waals surface area contributed by atoms with Gasteiger partial charge in [-0.2, -0.15) is 0 Å². The summed E-state index contributed by atoms with van der Waals surface area (Å²) in [4.78, 5) is 0. The Morgan fingerprint density at radius 1 is 1.20 bits per heavy atom. The fraction of sp³-hybridized carbons (Fsp3) is 0.600. The van der Waals surface area contributed by atoms with Crippen molar-refractivity contribution in [3.63, 3.8) is 0 Å². The maximum atomic E-state index is 9.95. The van der Waals surface area contributed by atoms with E-state index in [0.717, 1.165) is 13.1 Å². The van der Waals surface area contributed by atoms with Crippen LogP contribution in [0.4, 0.5) is 0 Å². The molecule has 20 heavy (non-hydrogen) atoms. The van der Waals surface area contributed by atoms with Crippen molar-refractivity contribution in [3.05, 3.63) is 24.3 Å². The van der Waals surface area contributed by atoms with Crippen LogP contribution in [0.5, 0.6) is 11.5 Å². The first-order chi connectivity index (χ1) is 9.79. The van der Waals surface area contributed by atoms with Crippen molar-refractivity contribution in [3.8, 4) is 11.5 Å². The van der Waals surface area contributed by atoms with Gasteiger partial charge in [-0.05, 0) is 25.0 Å². The number of aliphatic hydroxyl groups is 1. The third-order valence-corrected chi connectivity index (χ3v) is 3.41. The molecule has 0 spiro atoms. The monoisotopic (exact) mass is 280 g/mol. The molecule has 5 nitrogen and oxygen atoms in total. The molecule has 0 radical (unpaired) electrons. The number of hydrogen-bond acceptors (Lipinski definition) is 5. The first-order valence-electron chi connectivity index (χ1n) is 7.22. The van der Waals surface area contributed by atoms with Gasteiger partial charge in [0.15, 0.2) is 11.5 Å². The Morgan fingerprint density at radius 3 is 2.60 bits per heavy atom. The molecule has 1 saturated heterocycles. The van der Waals surface area contributed by atoms with Crippen molar-refractivity contribution in [1.29, 1.82) is 0 Å². The van der Waals surface area contributed by atoms with Crippen molar-refractivity contribution in [2.45, 2.75) is 25.4 Å². The molecule has 2 N–H and O–H groups in total. The first kappa shape index (κ1) is 15.1. The molecule has 1 aromatic carbocycles. The Balaban J connectivity index is 1.70. The Bertz CT molecular complexity index is 394. The van der Waals surface area contributed by atoms with Crippen LogP contribution in [-0.4, -0.2) is 49.6 Å². The summed E-state index contributed by atoms with van der Waals surface area (Å²) in [5, 5.41) is 12.1. The van der Waals surface area contributed by atoms with E-state index in [0.29, 0.717) is 18.0 Å². The highest BCUT2D eigenvalue weighted by atomic mass is 16.5. The van der Waals surface area contributed by atoms with E-state index < -0.39 is 6.10 Å². The average Bonchev–Trinajstić information content (AvgIpc) is 2.52. The van der Waals surface area contributed by atoms with E-state index >= 15 is 0 Å². The predicted octanol–water partition coefficient (Wildman–Crippen LogP) is 1.43. The van der Waals surface area contributed by atoms with Crippen molar-refractivity contribution in [2.75, 3.05) is 33.4 Å². The van der Waals surface area contributed by atoms with Crippen LogP contribution in [0.15, 0.2) is 24.3 Å². The smallest absolute Gasteiger partial charge is 0.161 e. The lowest BCUT2D eigenvalue weighted by Crippen LogP contribution is -2.46. The van der Waals surface area contributed by atoms with Crippen molar-refractivity contribution in [1.82, 2.24) is 10.4 Å². The number of ether oxygens (including phenoxy) is 2. The molecule has 1 unspecified atom stereocenters. The number of aliphatic hydroxyl groups excluding tert-OH is 1. The van der Waals surface area contributed by atoms with E-state index in [1.54, 1.807) is 7.11 Å². The summed E-state index contributed by atoms with van der Waals surface area (Å²) in [6.07, 6.45) is 3.21. The lowest BCUT2D eigenvalue weighted by molar-refractivity contribution is 0.0676. The van der Waals surface area contributed by atoms with Crippen LogP contribution in [0, 0.1) is 0 Å². The van der Waals surface area contributed by atoms with E-state index in [9.17, 15) is 5.11 Å². The van der Waals surface area contributed by atoms with Gasteiger partial charge in [-0.25, -0.2) is 5.01 Å². The van der Waals surface area contributed by atoms with E-state index in [1.807, 2.05) is 24.3 Å². The zero-order valence-corrected chi connectivity index (χ0v) is 12.0. The SMILES string of the molecule is COc1ccccc1OCC(O)CNN1CCCCC1. The topological polar surface area (TPSA) is 54.0 Å². The predicted molar refractivity (Wildman–Crippen MR) is 77.9 cm³/mol. The molecule has 112 valence electrons. The van der Waals surface area contributed by atoms with Gasteiger partial charge in [0.1, 0.15) is 12.7 Å². The summed E-state index contributed by atoms with van der Waals surface area (Å²) in [5.74, 6) is 1.34. The summed E-state index contributed by atoms with van der Waals surface area (Å²) >= 11 is 0. The largest absolute Gasteiger partial charge is 0.493 e. The summed E-state index contributed by atoms with van der Waals surface area (Å²) < 4.78 is 10.8. The highest BCUT2D eigenvalue weighted by Crippen LogP contribution is 2.25. The molecular weight excluding hydrogens is 256 g/mol. The Labute approximate surface area is 120 Å². The molecule has 0 aromatic heterocycles. The number of rotatable bonds is 7. The van der Waals surface area contributed by atoms with E-state index in [4.69, 9.17) is 9.47 Å². The van der Waals surface area contributed by atoms with Gasteiger partial charge in [-0.3, -0.25) is 5.43 Å². The van der Waals surface area contributed by atoms with Gasteiger partial charge >= 0.3 is 0 Å². The molecule has 1 fully saturated rings. The minimum Gasteiger partial charge on any atom is -0.493 e. The quantitative estimate of drug-likeness (QED) is 0.791. The van der Waals surface area contributed by atoms with Crippen LogP contribution in [0.3, 0.4) is 0 Å². The molecule has 5 heteroatoms. The zero-order chi connectivity index (χ0) is 14.2. The highest BCUT2D eigenvalue weighted by Gasteiger charge is 2.12. The van der Waals surface area contributed by atoms with Crippen LogP contribution in [0.1, 0.15) is 19.3 Å². The lowest BCUT2D eigenvalue weighted by atomic mass is 10.2. The maximum absolute atomic E-state index is 9.95. The van der Waals surface area contributed by atoms with E-state index in [1.165, 1.54) is 19.3 Å². The minimum atomic E-state index is -0.540. The Kier molecular flexibility index (Phi) is 6.11. The summed E-state index contributed by atoms with van der Waals surface area (Å²) in [7, 11) is 1.61.